The highest BCUT2D eigenvalue weighted by molar-refractivity contribution is 6.31. The molecule has 0 heterocycles. The third-order valence-corrected chi connectivity index (χ3v) is 3.18. The molecule has 1 N–H and O–H groups in total. The van der Waals surface area contributed by atoms with Gasteiger partial charge in [-0.25, -0.2) is 0 Å². The number of benzene rings is 1. The summed E-state index contributed by atoms with van der Waals surface area (Å²) in [5.74, 6) is 0.483. The van der Waals surface area contributed by atoms with Crippen LogP contribution in [0.5, 0.6) is 5.75 Å². The second-order valence-electron chi connectivity index (χ2n) is 4.51. The first-order valence-corrected chi connectivity index (χ1v) is 6.68. The molecule has 0 aromatic heterocycles. The van der Waals surface area contributed by atoms with Crippen LogP contribution < -0.4 is 10.1 Å². The van der Waals surface area contributed by atoms with E-state index in [1.807, 2.05) is 0 Å². The number of ether oxygens (including phenoxy) is 2. The minimum atomic E-state index is -4.63. The zero-order valence-electron chi connectivity index (χ0n) is 10.7. The summed E-state index contributed by atoms with van der Waals surface area (Å²) < 4.78 is 44.5. The van der Waals surface area contributed by atoms with E-state index in [-0.39, 0.29) is 6.61 Å². The van der Waals surface area contributed by atoms with Crippen molar-refractivity contribution >= 4 is 11.6 Å². The molecule has 1 aliphatic carbocycles. The third-order valence-electron chi connectivity index (χ3n) is 2.83. The fraction of sp³-hybridized carbons (Fsp3) is 0.538. The van der Waals surface area contributed by atoms with Gasteiger partial charge in [0.15, 0.2) is 0 Å². The summed E-state index contributed by atoms with van der Waals surface area (Å²) in [5.41, 5.74) is 0.757. The molecule has 0 bridgehead atoms. The van der Waals surface area contributed by atoms with Gasteiger partial charge in [0.1, 0.15) is 12.4 Å². The van der Waals surface area contributed by atoms with Crippen molar-refractivity contribution in [1.82, 2.24) is 5.32 Å². The molecule has 7 heteroatoms. The summed E-state index contributed by atoms with van der Waals surface area (Å²) in [6.07, 6.45) is -2.35. The standard InChI is InChI=1S/C13H15ClF3NO2/c14-11-2-1-3-12(10(11)8-18-9-4-5-9)19-6-7-20-13(15,16)17/h1-3,9,18H,4-8H2. The second kappa shape index (κ2) is 6.65. The molecular formula is C13H15ClF3NO2. The molecule has 1 aromatic rings. The zero-order valence-corrected chi connectivity index (χ0v) is 11.4. The van der Waals surface area contributed by atoms with E-state index in [0.29, 0.717) is 23.4 Å². The number of hydrogen-bond acceptors (Lipinski definition) is 3. The molecule has 0 saturated heterocycles. The van der Waals surface area contributed by atoms with Gasteiger partial charge in [-0.2, -0.15) is 0 Å². The lowest BCUT2D eigenvalue weighted by atomic mass is 10.2. The Bertz CT molecular complexity index is 450. The van der Waals surface area contributed by atoms with Gasteiger partial charge >= 0.3 is 6.36 Å². The minimum Gasteiger partial charge on any atom is -0.491 e. The molecule has 0 radical (unpaired) electrons. The van der Waals surface area contributed by atoms with Gasteiger partial charge in [-0.1, -0.05) is 17.7 Å². The van der Waals surface area contributed by atoms with Gasteiger partial charge in [-0.3, -0.25) is 4.74 Å². The van der Waals surface area contributed by atoms with Crippen molar-refractivity contribution in [3.05, 3.63) is 28.8 Å². The molecule has 0 unspecified atom stereocenters. The third kappa shape index (κ3) is 5.19. The van der Waals surface area contributed by atoms with E-state index in [4.69, 9.17) is 16.3 Å². The molecule has 1 saturated carbocycles. The Labute approximate surface area is 120 Å². The second-order valence-corrected chi connectivity index (χ2v) is 4.92. The average Bonchev–Trinajstić information content (AvgIpc) is 3.16. The fourth-order valence-electron chi connectivity index (χ4n) is 1.69. The highest BCUT2D eigenvalue weighted by atomic mass is 35.5. The van der Waals surface area contributed by atoms with E-state index >= 15 is 0 Å². The maximum atomic E-state index is 11.8. The summed E-state index contributed by atoms with van der Waals surface area (Å²) in [7, 11) is 0. The van der Waals surface area contributed by atoms with E-state index in [2.05, 4.69) is 10.1 Å². The summed E-state index contributed by atoms with van der Waals surface area (Å²) in [6.45, 7) is -0.193. The van der Waals surface area contributed by atoms with Crippen LogP contribution in [0.1, 0.15) is 18.4 Å². The monoisotopic (exact) mass is 309 g/mol. The largest absolute Gasteiger partial charge is 0.522 e. The maximum Gasteiger partial charge on any atom is 0.522 e. The Balaban J connectivity index is 1.87. The summed E-state index contributed by atoms with van der Waals surface area (Å²) >= 11 is 6.09. The van der Waals surface area contributed by atoms with Crippen LogP contribution in [0.4, 0.5) is 13.2 Å². The number of hydrogen-bond donors (Lipinski definition) is 1. The minimum absolute atomic E-state index is 0.184. The Morgan fingerprint density at radius 2 is 2.00 bits per heavy atom. The molecule has 1 aromatic carbocycles. The predicted octanol–water partition coefficient (Wildman–Crippen LogP) is 3.51. The molecule has 0 aliphatic heterocycles. The zero-order chi connectivity index (χ0) is 14.6. The van der Waals surface area contributed by atoms with Crippen LogP contribution >= 0.6 is 11.6 Å². The van der Waals surface area contributed by atoms with Crippen molar-refractivity contribution in [2.45, 2.75) is 31.8 Å². The maximum absolute atomic E-state index is 11.8. The van der Waals surface area contributed by atoms with Gasteiger partial charge in [0.05, 0.1) is 6.61 Å². The van der Waals surface area contributed by atoms with Crippen molar-refractivity contribution in [1.29, 1.82) is 0 Å². The van der Waals surface area contributed by atoms with E-state index in [0.717, 1.165) is 18.4 Å². The summed E-state index contributed by atoms with van der Waals surface area (Å²) in [4.78, 5) is 0. The molecule has 1 fully saturated rings. The van der Waals surface area contributed by atoms with Gasteiger partial charge in [0.2, 0.25) is 0 Å². The first-order valence-electron chi connectivity index (χ1n) is 6.30. The lowest BCUT2D eigenvalue weighted by Crippen LogP contribution is -2.19. The van der Waals surface area contributed by atoms with Crippen LogP contribution in [-0.2, 0) is 11.3 Å². The van der Waals surface area contributed by atoms with Crippen molar-refractivity contribution in [3.8, 4) is 5.75 Å². The number of alkyl halides is 3. The highest BCUT2D eigenvalue weighted by Crippen LogP contribution is 2.28. The topological polar surface area (TPSA) is 30.5 Å². The van der Waals surface area contributed by atoms with Crippen LogP contribution in [0.15, 0.2) is 18.2 Å². The van der Waals surface area contributed by atoms with Crippen molar-refractivity contribution in [3.63, 3.8) is 0 Å². The van der Waals surface area contributed by atoms with Crippen LogP contribution in [0, 0.1) is 0 Å². The first kappa shape index (κ1) is 15.4. The van der Waals surface area contributed by atoms with Crippen LogP contribution in [0.2, 0.25) is 5.02 Å². The quantitative estimate of drug-likeness (QED) is 0.782. The van der Waals surface area contributed by atoms with Crippen LogP contribution in [0.3, 0.4) is 0 Å². The smallest absolute Gasteiger partial charge is 0.491 e. The Morgan fingerprint density at radius 3 is 2.65 bits per heavy atom. The number of nitrogens with one attached hydrogen (secondary N) is 1. The van der Waals surface area contributed by atoms with E-state index in [1.165, 1.54) is 0 Å². The molecule has 2 rings (SSSR count). The van der Waals surface area contributed by atoms with Gasteiger partial charge in [-0.05, 0) is 25.0 Å². The van der Waals surface area contributed by atoms with E-state index in [9.17, 15) is 13.2 Å². The molecular weight excluding hydrogens is 295 g/mol. The van der Waals surface area contributed by atoms with E-state index in [1.54, 1.807) is 18.2 Å². The van der Waals surface area contributed by atoms with Crippen molar-refractivity contribution in [2.24, 2.45) is 0 Å². The van der Waals surface area contributed by atoms with Gasteiger partial charge < -0.3 is 10.1 Å². The SMILES string of the molecule is FC(F)(F)OCCOc1cccc(Cl)c1CNC1CC1. The predicted molar refractivity (Wildman–Crippen MR) is 68.8 cm³/mol. The van der Waals surface area contributed by atoms with Gasteiger partial charge in [0, 0.05) is 23.2 Å². The van der Waals surface area contributed by atoms with Crippen molar-refractivity contribution < 1.29 is 22.6 Å². The number of halogens is 4. The lowest BCUT2D eigenvalue weighted by Gasteiger charge is -2.14. The molecule has 0 atom stereocenters. The van der Waals surface area contributed by atoms with Crippen LogP contribution in [0.25, 0.3) is 0 Å². The molecule has 112 valence electrons. The fourth-order valence-corrected chi connectivity index (χ4v) is 1.92. The molecule has 20 heavy (non-hydrogen) atoms. The highest BCUT2D eigenvalue weighted by Gasteiger charge is 2.28. The Kier molecular flexibility index (Phi) is 5.12. The van der Waals surface area contributed by atoms with Crippen molar-refractivity contribution in [2.75, 3.05) is 13.2 Å². The van der Waals surface area contributed by atoms with Gasteiger partial charge in [0.25, 0.3) is 0 Å². The van der Waals surface area contributed by atoms with Gasteiger partial charge in [-0.15, -0.1) is 13.2 Å². The average molecular weight is 310 g/mol. The normalized spacial score (nSPS) is 15.4. The Hall–Kier alpha value is -0.980. The van der Waals surface area contributed by atoms with E-state index < -0.39 is 13.0 Å². The summed E-state index contributed by atoms with van der Waals surface area (Å²) in [5, 5.41) is 3.83. The molecule has 0 amide bonds. The lowest BCUT2D eigenvalue weighted by molar-refractivity contribution is -0.325. The van der Waals surface area contributed by atoms with Crippen LogP contribution in [-0.4, -0.2) is 25.6 Å². The molecule has 3 nitrogen and oxygen atoms in total. The molecule has 0 spiro atoms. The number of rotatable bonds is 7. The summed E-state index contributed by atoms with van der Waals surface area (Å²) in [6, 6.07) is 5.62. The first-order chi connectivity index (χ1) is 9.46. The molecule has 1 aliphatic rings. The Morgan fingerprint density at radius 1 is 1.25 bits per heavy atom.